The van der Waals surface area contributed by atoms with Crippen molar-refractivity contribution in [1.29, 1.82) is 0 Å². The summed E-state index contributed by atoms with van der Waals surface area (Å²) in [4.78, 5) is 62.8. The number of hydrogen-bond donors (Lipinski definition) is 3. The van der Waals surface area contributed by atoms with Gasteiger partial charge in [0.15, 0.2) is 17.1 Å². The van der Waals surface area contributed by atoms with Crippen LogP contribution in [0.1, 0.15) is 61.5 Å². The lowest BCUT2D eigenvalue weighted by Gasteiger charge is -2.25. The number of Topliss-reactive ketones (excluding diaryl/α,β-unsaturated/α-hetero) is 1. The van der Waals surface area contributed by atoms with E-state index in [1.807, 2.05) is 19.1 Å². The number of nitrogens with one attached hydrogen (secondary N) is 3. The Kier molecular flexibility index (Phi) is 6.68. The molecule has 1 aliphatic carbocycles. The highest BCUT2D eigenvalue weighted by molar-refractivity contribution is 6.38. The standard InChI is InChI=1S/C28H31N5O7/c1-2-4-18(24(34)26(36)30-17-7-8-17)31-25(35)21-13-28(14-33(21)27(37)19-5-3-10-29-19)12-20(32-40-28)16-6-9-22-23(11-16)39-15-38-22/h3,5-6,9-11,17-18,21,29H,2,4,7-8,12-15H2,1H3,(H,30,36)(H,31,35)/t18-,21-,28-/m0/s1. The van der Waals surface area contributed by atoms with E-state index in [9.17, 15) is 19.2 Å². The molecule has 0 radical (unpaired) electrons. The maximum absolute atomic E-state index is 13.7. The van der Waals surface area contributed by atoms with Crippen LogP contribution in [0.25, 0.3) is 0 Å². The van der Waals surface area contributed by atoms with E-state index >= 15 is 0 Å². The van der Waals surface area contributed by atoms with Gasteiger partial charge >= 0.3 is 0 Å². The van der Waals surface area contributed by atoms with Crippen LogP contribution in [0.2, 0.25) is 0 Å². The molecule has 12 nitrogen and oxygen atoms in total. The number of fused-ring (bicyclic) bond motifs is 1. The molecule has 1 aromatic carbocycles. The highest BCUT2D eigenvalue weighted by Crippen LogP contribution is 2.41. The molecule has 12 heteroatoms. The van der Waals surface area contributed by atoms with Crippen molar-refractivity contribution in [2.24, 2.45) is 5.16 Å². The summed E-state index contributed by atoms with van der Waals surface area (Å²) in [6.07, 6.45) is 4.76. The molecule has 4 aliphatic rings. The zero-order chi connectivity index (χ0) is 27.9. The molecule has 6 rings (SSSR count). The SMILES string of the molecule is CCC[C@H](NC(=O)[C@@H]1C[C@@]2(CC(c3ccc4c(c3)OCO4)=NO2)CN1C(=O)c1ccc[nH]1)C(=O)C(=O)NC1CC1. The minimum atomic E-state index is -0.986. The van der Waals surface area contributed by atoms with Gasteiger partial charge in [-0.1, -0.05) is 18.5 Å². The minimum Gasteiger partial charge on any atom is -0.454 e. The van der Waals surface area contributed by atoms with Gasteiger partial charge in [-0.25, -0.2) is 0 Å². The van der Waals surface area contributed by atoms with Crippen LogP contribution < -0.4 is 20.1 Å². The number of amides is 3. The minimum absolute atomic E-state index is 0.0245. The second-order valence-corrected chi connectivity index (χ2v) is 10.8. The molecule has 1 saturated carbocycles. The summed E-state index contributed by atoms with van der Waals surface area (Å²) >= 11 is 0. The van der Waals surface area contributed by atoms with Crippen molar-refractivity contribution >= 4 is 29.2 Å². The van der Waals surface area contributed by atoms with E-state index in [4.69, 9.17) is 14.3 Å². The second-order valence-electron chi connectivity index (χ2n) is 10.8. The number of likely N-dealkylation sites (tertiary alicyclic amines) is 1. The number of aromatic amines is 1. The van der Waals surface area contributed by atoms with Crippen molar-refractivity contribution in [2.75, 3.05) is 13.3 Å². The van der Waals surface area contributed by atoms with Gasteiger partial charge in [0.2, 0.25) is 18.5 Å². The molecule has 210 valence electrons. The van der Waals surface area contributed by atoms with Crippen molar-refractivity contribution in [3.05, 3.63) is 47.8 Å². The van der Waals surface area contributed by atoms with E-state index in [0.717, 1.165) is 18.4 Å². The number of ketones is 1. The van der Waals surface area contributed by atoms with Gasteiger partial charge in [-0.05, 0) is 49.6 Å². The molecule has 2 aromatic rings. The van der Waals surface area contributed by atoms with E-state index < -0.39 is 35.3 Å². The van der Waals surface area contributed by atoms with E-state index in [2.05, 4.69) is 20.8 Å². The first kappa shape index (κ1) is 25.9. The van der Waals surface area contributed by atoms with E-state index in [1.54, 1.807) is 24.4 Å². The van der Waals surface area contributed by atoms with Crippen LogP contribution in [0.4, 0.5) is 0 Å². The predicted octanol–water partition coefficient (Wildman–Crippen LogP) is 1.65. The monoisotopic (exact) mass is 549 g/mol. The molecule has 40 heavy (non-hydrogen) atoms. The van der Waals surface area contributed by atoms with Crippen LogP contribution in [-0.2, 0) is 19.2 Å². The molecule has 3 aliphatic heterocycles. The Labute approximate surface area is 230 Å². The lowest BCUT2D eigenvalue weighted by Crippen LogP contribution is -2.53. The zero-order valence-corrected chi connectivity index (χ0v) is 22.1. The Morgan fingerprint density at radius 3 is 2.75 bits per heavy atom. The van der Waals surface area contributed by atoms with Crippen LogP contribution in [-0.4, -0.2) is 76.2 Å². The third kappa shape index (κ3) is 5.01. The Hall–Kier alpha value is -4.35. The lowest BCUT2D eigenvalue weighted by atomic mass is 9.91. The fourth-order valence-corrected chi connectivity index (χ4v) is 5.43. The number of carbonyl (C=O) groups excluding carboxylic acids is 4. The van der Waals surface area contributed by atoms with Gasteiger partial charge in [-0.3, -0.25) is 19.2 Å². The molecule has 1 spiro atoms. The first-order valence-corrected chi connectivity index (χ1v) is 13.6. The number of aromatic nitrogens is 1. The van der Waals surface area contributed by atoms with Crippen molar-refractivity contribution < 1.29 is 33.5 Å². The smallest absolute Gasteiger partial charge is 0.289 e. The Balaban J connectivity index is 1.21. The summed E-state index contributed by atoms with van der Waals surface area (Å²) in [5, 5.41) is 9.79. The van der Waals surface area contributed by atoms with Crippen molar-refractivity contribution in [1.82, 2.24) is 20.5 Å². The molecule has 1 saturated heterocycles. The number of H-pyrrole nitrogens is 1. The van der Waals surface area contributed by atoms with Crippen molar-refractivity contribution in [3.8, 4) is 11.5 Å². The maximum atomic E-state index is 13.7. The number of hydrogen-bond acceptors (Lipinski definition) is 8. The van der Waals surface area contributed by atoms with Crippen LogP contribution in [0, 0.1) is 0 Å². The Morgan fingerprint density at radius 2 is 2.00 bits per heavy atom. The van der Waals surface area contributed by atoms with Crippen LogP contribution >= 0.6 is 0 Å². The topological polar surface area (TPSA) is 151 Å². The Morgan fingerprint density at radius 1 is 1.18 bits per heavy atom. The molecule has 0 unspecified atom stereocenters. The number of oxime groups is 1. The number of carbonyl (C=O) groups is 4. The fourth-order valence-electron chi connectivity index (χ4n) is 5.43. The highest BCUT2D eigenvalue weighted by Gasteiger charge is 2.54. The Bertz CT molecular complexity index is 1370. The van der Waals surface area contributed by atoms with Crippen LogP contribution in [0.5, 0.6) is 11.5 Å². The van der Waals surface area contributed by atoms with Crippen LogP contribution in [0.15, 0.2) is 41.7 Å². The molecule has 3 N–H and O–H groups in total. The van der Waals surface area contributed by atoms with Gasteiger partial charge in [0.25, 0.3) is 11.8 Å². The van der Waals surface area contributed by atoms with Crippen LogP contribution in [0.3, 0.4) is 0 Å². The fraction of sp³-hybridized carbons (Fsp3) is 0.464. The first-order chi connectivity index (χ1) is 19.4. The van der Waals surface area contributed by atoms with Crippen molar-refractivity contribution in [3.63, 3.8) is 0 Å². The molecule has 2 fully saturated rings. The first-order valence-electron chi connectivity index (χ1n) is 13.6. The molecular formula is C28H31N5O7. The molecule has 0 bridgehead atoms. The summed E-state index contributed by atoms with van der Waals surface area (Å²) in [7, 11) is 0. The largest absolute Gasteiger partial charge is 0.454 e. The quantitative estimate of drug-likeness (QED) is 0.402. The van der Waals surface area contributed by atoms with Gasteiger partial charge in [0, 0.05) is 30.6 Å². The molecule has 4 heterocycles. The molecule has 1 aromatic heterocycles. The van der Waals surface area contributed by atoms with Gasteiger partial charge < -0.3 is 34.8 Å². The number of benzene rings is 1. The summed E-state index contributed by atoms with van der Waals surface area (Å²) < 4.78 is 10.9. The van der Waals surface area contributed by atoms with E-state index in [1.165, 1.54) is 4.90 Å². The van der Waals surface area contributed by atoms with Crippen molar-refractivity contribution in [2.45, 2.75) is 69.2 Å². The van der Waals surface area contributed by atoms with Gasteiger partial charge in [0.1, 0.15) is 11.7 Å². The normalized spacial score (nSPS) is 23.5. The predicted molar refractivity (Wildman–Crippen MR) is 141 cm³/mol. The summed E-state index contributed by atoms with van der Waals surface area (Å²) in [5.41, 5.74) is 0.868. The lowest BCUT2D eigenvalue weighted by molar-refractivity contribution is -0.140. The van der Waals surface area contributed by atoms with E-state index in [0.29, 0.717) is 42.2 Å². The summed E-state index contributed by atoms with van der Waals surface area (Å²) in [6, 6.07) is 6.95. The number of ether oxygens (including phenoxy) is 2. The van der Waals surface area contributed by atoms with Gasteiger partial charge in [-0.15, -0.1) is 0 Å². The molecule has 3 amide bonds. The third-order valence-corrected chi connectivity index (χ3v) is 7.68. The van der Waals surface area contributed by atoms with E-state index in [-0.39, 0.29) is 31.7 Å². The summed E-state index contributed by atoms with van der Waals surface area (Å²) in [5.74, 6) is -0.979. The average Bonchev–Trinajstić information content (AvgIpc) is 3.42. The van der Waals surface area contributed by atoms with Gasteiger partial charge in [0.05, 0.1) is 18.3 Å². The van der Waals surface area contributed by atoms with Gasteiger partial charge in [-0.2, -0.15) is 0 Å². The number of rotatable bonds is 9. The summed E-state index contributed by atoms with van der Waals surface area (Å²) in [6.45, 7) is 2.15. The average molecular weight is 550 g/mol. The maximum Gasteiger partial charge on any atom is 0.289 e. The molecular weight excluding hydrogens is 518 g/mol. The molecule has 3 atom stereocenters. The zero-order valence-electron chi connectivity index (χ0n) is 22.1. The number of nitrogens with zero attached hydrogens (tertiary/aromatic N) is 2. The third-order valence-electron chi connectivity index (χ3n) is 7.68. The second kappa shape index (κ2) is 10.3. The highest BCUT2D eigenvalue weighted by atomic mass is 16.7.